The Balaban J connectivity index is 1.51. The van der Waals surface area contributed by atoms with Crippen LogP contribution in [0.1, 0.15) is 35.4 Å². The Labute approximate surface area is 136 Å². The van der Waals surface area contributed by atoms with Crippen molar-refractivity contribution in [2.45, 2.75) is 32.2 Å². The smallest absolute Gasteiger partial charge is 0.134 e. The summed E-state index contributed by atoms with van der Waals surface area (Å²) in [5.74, 6) is 1.89. The first kappa shape index (κ1) is 14.3. The molecule has 2 aromatic carbocycles. The lowest BCUT2D eigenvalue weighted by Crippen LogP contribution is -2.02. The fourth-order valence-corrected chi connectivity index (χ4v) is 3.16. The van der Waals surface area contributed by atoms with E-state index in [0.717, 1.165) is 48.3 Å². The van der Waals surface area contributed by atoms with Gasteiger partial charge in [0.05, 0.1) is 12.6 Å². The summed E-state index contributed by atoms with van der Waals surface area (Å²) >= 11 is 0. The maximum Gasteiger partial charge on any atom is 0.134 e. The van der Waals surface area contributed by atoms with E-state index in [-0.39, 0.29) is 6.04 Å². The third-order valence-electron chi connectivity index (χ3n) is 4.51. The quantitative estimate of drug-likeness (QED) is 0.787. The molecule has 1 aromatic heterocycles. The van der Waals surface area contributed by atoms with Crippen LogP contribution < -0.4 is 10.5 Å². The monoisotopic (exact) mass is 307 g/mol. The molecular formula is C20H21NO2. The molecule has 3 nitrogen and oxygen atoms in total. The maximum absolute atomic E-state index is 5.89. The van der Waals surface area contributed by atoms with Crippen LogP contribution in [0.3, 0.4) is 0 Å². The van der Waals surface area contributed by atoms with E-state index in [1.807, 2.05) is 13.0 Å². The fourth-order valence-electron chi connectivity index (χ4n) is 3.16. The van der Waals surface area contributed by atoms with Gasteiger partial charge in [-0.25, -0.2) is 0 Å². The first-order valence-electron chi connectivity index (χ1n) is 8.21. The Morgan fingerprint density at radius 1 is 1.04 bits per heavy atom. The number of benzene rings is 2. The maximum atomic E-state index is 5.89. The van der Waals surface area contributed by atoms with E-state index in [1.54, 1.807) is 0 Å². The van der Waals surface area contributed by atoms with E-state index in [4.69, 9.17) is 14.9 Å². The summed E-state index contributed by atoms with van der Waals surface area (Å²) in [6.45, 7) is 2.76. The molecule has 23 heavy (non-hydrogen) atoms. The van der Waals surface area contributed by atoms with Gasteiger partial charge in [-0.1, -0.05) is 24.3 Å². The van der Waals surface area contributed by atoms with Gasteiger partial charge in [-0.15, -0.1) is 0 Å². The van der Waals surface area contributed by atoms with Crippen LogP contribution in [0.25, 0.3) is 11.0 Å². The minimum Gasteiger partial charge on any atom is -0.493 e. The van der Waals surface area contributed by atoms with Crippen molar-refractivity contribution < 1.29 is 9.15 Å². The van der Waals surface area contributed by atoms with Crippen LogP contribution in [0, 0.1) is 0 Å². The Morgan fingerprint density at radius 3 is 2.65 bits per heavy atom. The number of nitrogens with two attached hydrogens (primary N) is 1. The number of hydrogen-bond acceptors (Lipinski definition) is 3. The van der Waals surface area contributed by atoms with Crippen LogP contribution in [-0.2, 0) is 19.3 Å². The average molecular weight is 307 g/mol. The molecule has 1 aliphatic heterocycles. The summed E-state index contributed by atoms with van der Waals surface area (Å²) < 4.78 is 11.4. The van der Waals surface area contributed by atoms with Gasteiger partial charge >= 0.3 is 0 Å². The predicted molar refractivity (Wildman–Crippen MR) is 91.9 cm³/mol. The summed E-state index contributed by atoms with van der Waals surface area (Å²) in [4.78, 5) is 0. The second-order valence-corrected chi connectivity index (χ2v) is 6.35. The molecular weight excluding hydrogens is 286 g/mol. The third-order valence-corrected chi connectivity index (χ3v) is 4.51. The minimum atomic E-state index is -0.0699. The van der Waals surface area contributed by atoms with E-state index in [1.165, 1.54) is 16.7 Å². The van der Waals surface area contributed by atoms with Gasteiger partial charge in [-0.05, 0) is 54.7 Å². The Bertz CT molecular complexity index is 848. The van der Waals surface area contributed by atoms with Gasteiger partial charge in [0.15, 0.2) is 0 Å². The van der Waals surface area contributed by atoms with Gasteiger partial charge in [0, 0.05) is 11.8 Å². The van der Waals surface area contributed by atoms with Crippen molar-refractivity contribution in [3.63, 3.8) is 0 Å². The molecule has 0 aliphatic carbocycles. The molecule has 0 saturated carbocycles. The van der Waals surface area contributed by atoms with Crippen LogP contribution in [0.4, 0.5) is 0 Å². The molecule has 118 valence electrons. The first-order chi connectivity index (χ1) is 11.2. The molecule has 1 atom stereocenters. The number of hydrogen-bond donors (Lipinski definition) is 1. The van der Waals surface area contributed by atoms with Crippen molar-refractivity contribution in [1.29, 1.82) is 0 Å². The number of ether oxygens (including phenoxy) is 1. The average Bonchev–Trinajstić information content (AvgIpc) is 3.18. The highest BCUT2D eigenvalue weighted by Crippen LogP contribution is 2.27. The Morgan fingerprint density at radius 2 is 1.83 bits per heavy atom. The molecule has 4 rings (SSSR count). The van der Waals surface area contributed by atoms with Crippen molar-refractivity contribution in [3.8, 4) is 5.75 Å². The zero-order chi connectivity index (χ0) is 15.8. The van der Waals surface area contributed by atoms with Gasteiger partial charge in [0.25, 0.3) is 0 Å². The first-order valence-corrected chi connectivity index (χ1v) is 8.21. The molecule has 0 bridgehead atoms. The topological polar surface area (TPSA) is 48.4 Å². The van der Waals surface area contributed by atoms with Crippen molar-refractivity contribution in [1.82, 2.24) is 0 Å². The largest absolute Gasteiger partial charge is 0.493 e. The standard InChI is InChI=1S/C20H21NO2/c1-13(21)19-12-16-6-4-15(11-20(16)23-19)3-2-14-5-7-18-17(10-14)8-9-22-18/h4-7,10-13H,2-3,8-9,21H2,1H3. The zero-order valence-electron chi connectivity index (χ0n) is 13.3. The van der Waals surface area contributed by atoms with Crippen LogP contribution in [-0.4, -0.2) is 6.61 Å². The van der Waals surface area contributed by atoms with E-state index in [0.29, 0.717) is 0 Å². The second kappa shape index (κ2) is 5.74. The summed E-state index contributed by atoms with van der Waals surface area (Å²) in [5, 5.41) is 1.12. The van der Waals surface area contributed by atoms with Crippen molar-refractivity contribution in [3.05, 3.63) is 64.9 Å². The van der Waals surface area contributed by atoms with Gasteiger partial charge in [0.2, 0.25) is 0 Å². The summed E-state index contributed by atoms with van der Waals surface area (Å²) in [7, 11) is 0. The number of fused-ring (bicyclic) bond motifs is 2. The molecule has 2 N–H and O–H groups in total. The van der Waals surface area contributed by atoms with E-state index < -0.39 is 0 Å². The Kier molecular flexibility index (Phi) is 3.58. The van der Waals surface area contributed by atoms with E-state index in [9.17, 15) is 0 Å². The number of rotatable bonds is 4. The Hall–Kier alpha value is -2.26. The predicted octanol–water partition coefficient (Wildman–Crippen LogP) is 4.17. The van der Waals surface area contributed by atoms with Gasteiger partial charge in [0.1, 0.15) is 17.1 Å². The summed E-state index contributed by atoms with van der Waals surface area (Å²) in [6.07, 6.45) is 3.06. The molecule has 0 radical (unpaired) electrons. The van der Waals surface area contributed by atoms with Crippen LogP contribution in [0.2, 0.25) is 0 Å². The molecule has 0 fully saturated rings. The lowest BCUT2D eigenvalue weighted by atomic mass is 10.0. The number of furan rings is 1. The van der Waals surface area contributed by atoms with Gasteiger partial charge < -0.3 is 14.9 Å². The molecule has 3 heteroatoms. The van der Waals surface area contributed by atoms with Crippen LogP contribution in [0.15, 0.2) is 46.9 Å². The normalized spacial score (nSPS) is 14.7. The van der Waals surface area contributed by atoms with Crippen molar-refractivity contribution >= 4 is 11.0 Å². The zero-order valence-corrected chi connectivity index (χ0v) is 13.3. The lowest BCUT2D eigenvalue weighted by Gasteiger charge is -2.05. The molecule has 0 saturated heterocycles. The minimum absolute atomic E-state index is 0.0699. The third kappa shape index (κ3) is 2.84. The molecule has 0 amide bonds. The van der Waals surface area contributed by atoms with Crippen molar-refractivity contribution in [2.75, 3.05) is 6.61 Å². The molecule has 3 aromatic rings. The number of aryl methyl sites for hydroxylation is 2. The highest BCUT2D eigenvalue weighted by atomic mass is 16.5. The summed E-state index contributed by atoms with van der Waals surface area (Å²) in [5.41, 5.74) is 10.8. The molecule has 1 aliphatic rings. The fraction of sp³-hybridized carbons (Fsp3) is 0.300. The van der Waals surface area contributed by atoms with E-state index >= 15 is 0 Å². The lowest BCUT2D eigenvalue weighted by molar-refractivity contribution is 0.357. The van der Waals surface area contributed by atoms with Gasteiger partial charge in [-0.3, -0.25) is 0 Å². The SMILES string of the molecule is CC(N)c1cc2ccc(CCc3ccc4c(c3)CCO4)cc2o1. The van der Waals surface area contributed by atoms with Crippen molar-refractivity contribution in [2.24, 2.45) is 5.73 Å². The highest BCUT2D eigenvalue weighted by Gasteiger charge is 2.12. The van der Waals surface area contributed by atoms with E-state index in [2.05, 4.69) is 36.4 Å². The van der Waals surface area contributed by atoms with Crippen LogP contribution in [0.5, 0.6) is 5.75 Å². The molecule has 1 unspecified atom stereocenters. The van der Waals surface area contributed by atoms with Crippen LogP contribution >= 0.6 is 0 Å². The summed E-state index contributed by atoms with van der Waals surface area (Å²) in [6, 6.07) is 14.9. The van der Waals surface area contributed by atoms with Gasteiger partial charge in [-0.2, -0.15) is 0 Å². The second-order valence-electron chi connectivity index (χ2n) is 6.35. The molecule has 0 spiro atoms. The molecule has 2 heterocycles. The highest BCUT2D eigenvalue weighted by molar-refractivity contribution is 5.78.